The number of methoxy groups -OCH3 is 1. The van der Waals surface area contributed by atoms with Crippen molar-refractivity contribution in [2.24, 2.45) is 4.99 Å². The Bertz CT molecular complexity index is 1180. The third-order valence-electron chi connectivity index (χ3n) is 5.03. The van der Waals surface area contributed by atoms with E-state index < -0.39 is 0 Å². The Hall–Kier alpha value is -3.51. The molecule has 0 bridgehead atoms. The van der Waals surface area contributed by atoms with Crippen molar-refractivity contribution in [1.29, 1.82) is 0 Å². The van der Waals surface area contributed by atoms with Crippen molar-refractivity contribution in [2.75, 3.05) is 7.11 Å². The average molecular weight is 445 g/mol. The number of carbonyl (C=O) groups is 1. The number of amidine groups is 1. The van der Waals surface area contributed by atoms with Crippen molar-refractivity contribution in [2.45, 2.75) is 20.5 Å². The number of thioether (sulfide) groups is 1. The zero-order valence-corrected chi connectivity index (χ0v) is 19.0. The number of nitrogens with one attached hydrogen (secondary N) is 1. The summed E-state index contributed by atoms with van der Waals surface area (Å²) in [5, 5.41) is 3.44. The second kappa shape index (κ2) is 9.75. The lowest BCUT2D eigenvalue weighted by molar-refractivity contribution is -0.115. The first kappa shape index (κ1) is 21.7. The van der Waals surface area contributed by atoms with Crippen molar-refractivity contribution in [3.63, 3.8) is 0 Å². The second-order valence-electron chi connectivity index (χ2n) is 7.41. The minimum Gasteiger partial charge on any atom is -0.493 e. The smallest absolute Gasteiger partial charge is 0.264 e. The minimum absolute atomic E-state index is 0.164. The van der Waals surface area contributed by atoms with Crippen LogP contribution in [0, 0.1) is 13.8 Å². The van der Waals surface area contributed by atoms with Crippen LogP contribution < -0.4 is 14.8 Å². The molecule has 6 heteroatoms. The lowest BCUT2D eigenvalue weighted by Gasteiger charge is -2.11. The molecule has 0 unspecified atom stereocenters. The molecule has 1 aliphatic heterocycles. The standard InChI is InChI=1S/C26H24N2O3S/c1-17-8-7-9-18(2)24(17)27-26-28-25(29)23(32-26)15-20-12-13-21(30-3)22(14-20)31-16-19-10-5-4-6-11-19/h4-15H,16H2,1-3H3,(H,27,28,29)/b23-15-. The van der Waals surface area contributed by atoms with Gasteiger partial charge >= 0.3 is 0 Å². The molecule has 0 saturated carbocycles. The first-order chi connectivity index (χ1) is 15.5. The second-order valence-corrected chi connectivity index (χ2v) is 8.44. The van der Waals surface area contributed by atoms with Crippen molar-refractivity contribution in [3.8, 4) is 11.5 Å². The normalized spacial score (nSPS) is 15.8. The van der Waals surface area contributed by atoms with Gasteiger partial charge in [-0.25, -0.2) is 4.99 Å². The maximum atomic E-state index is 12.5. The van der Waals surface area contributed by atoms with Crippen LogP contribution in [0.2, 0.25) is 0 Å². The van der Waals surface area contributed by atoms with Crippen LogP contribution in [0.3, 0.4) is 0 Å². The number of nitrogens with zero attached hydrogens (tertiary/aromatic N) is 1. The van der Waals surface area contributed by atoms with E-state index in [9.17, 15) is 4.79 Å². The molecule has 0 spiro atoms. The highest BCUT2D eigenvalue weighted by atomic mass is 32.2. The molecule has 1 N–H and O–H groups in total. The van der Waals surface area contributed by atoms with E-state index in [1.165, 1.54) is 11.8 Å². The highest BCUT2D eigenvalue weighted by molar-refractivity contribution is 8.18. The number of para-hydroxylation sites is 1. The first-order valence-corrected chi connectivity index (χ1v) is 11.1. The summed E-state index contributed by atoms with van der Waals surface area (Å²) in [4.78, 5) is 17.8. The molecule has 5 nitrogen and oxygen atoms in total. The van der Waals surface area contributed by atoms with E-state index in [-0.39, 0.29) is 5.91 Å². The van der Waals surface area contributed by atoms with Crippen molar-refractivity contribution in [3.05, 3.63) is 93.9 Å². The fraction of sp³-hybridized carbons (Fsp3) is 0.154. The van der Waals surface area contributed by atoms with Gasteiger partial charge in [-0.05, 0) is 66.1 Å². The van der Waals surface area contributed by atoms with E-state index in [0.717, 1.165) is 27.9 Å². The Kier molecular flexibility index (Phi) is 6.61. The molecule has 162 valence electrons. The molecule has 1 amide bonds. The van der Waals surface area contributed by atoms with Crippen LogP contribution in [0.15, 0.2) is 76.6 Å². The Labute approximate surface area is 192 Å². The summed E-state index contributed by atoms with van der Waals surface area (Å²) >= 11 is 1.33. The Morgan fingerprint density at radius 2 is 1.72 bits per heavy atom. The fourth-order valence-electron chi connectivity index (χ4n) is 3.35. The number of ether oxygens (including phenoxy) is 2. The quantitative estimate of drug-likeness (QED) is 0.490. The van der Waals surface area contributed by atoms with Crippen LogP contribution in [0.5, 0.6) is 11.5 Å². The summed E-state index contributed by atoms with van der Waals surface area (Å²) < 4.78 is 11.4. The lowest BCUT2D eigenvalue weighted by atomic mass is 10.1. The summed E-state index contributed by atoms with van der Waals surface area (Å²) in [6, 6.07) is 21.6. The molecule has 1 heterocycles. The average Bonchev–Trinajstić information content (AvgIpc) is 3.14. The van der Waals surface area contributed by atoms with Crippen LogP contribution in [-0.2, 0) is 11.4 Å². The van der Waals surface area contributed by atoms with E-state index in [2.05, 4.69) is 10.3 Å². The maximum Gasteiger partial charge on any atom is 0.264 e. The van der Waals surface area contributed by atoms with E-state index in [1.54, 1.807) is 7.11 Å². The SMILES string of the molecule is COc1ccc(/C=C2\SC(=Nc3c(C)cccc3C)NC2=O)cc1OCc1ccccc1. The van der Waals surface area contributed by atoms with Crippen LogP contribution in [0.4, 0.5) is 5.69 Å². The van der Waals surface area contributed by atoms with E-state index in [0.29, 0.717) is 28.2 Å². The van der Waals surface area contributed by atoms with Crippen LogP contribution in [0.25, 0.3) is 6.08 Å². The van der Waals surface area contributed by atoms with Gasteiger partial charge in [0.15, 0.2) is 16.7 Å². The summed E-state index contributed by atoms with van der Waals surface area (Å²) in [5.41, 5.74) is 4.94. The molecule has 3 aromatic rings. The predicted octanol–water partition coefficient (Wildman–Crippen LogP) is 5.78. The maximum absolute atomic E-state index is 12.5. The highest BCUT2D eigenvalue weighted by Gasteiger charge is 2.24. The minimum atomic E-state index is -0.164. The summed E-state index contributed by atoms with van der Waals surface area (Å²) in [7, 11) is 1.61. The van der Waals surface area contributed by atoms with Gasteiger partial charge in [0, 0.05) is 0 Å². The third kappa shape index (κ3) is 5.03. The van der Waals surface area contributed by atoms with Crippen LogP contribution in [-0.4, -0.2) is 18.2 Å². The number of hydrogen-bond acceptors (Lipinski definition) is 5. The summed E-state index contributed by atoms with van der Waals surface area (Å²) in [5.74, 6) is 1.10. The largest absolute Gasteiger partial charge is 0.493 e. The molecule has 0 radical (unpaired) electrons. The molecular formula is C26H24N2O3S. The predicted molar refractivity (Wildman–Crippen MR) is 130 cm³/mol. The highest BCUT2D eigenvalue weighted by Crippen LogP contribution is 2.33. The molecule has 4 rings (SSSR count). The first-order valence-electron chi connectivity index (χ1n) is 10.2. The van der Waals surface area contributed by atoms with Gasteiger partial charge in [0.1, 0.15) is 6.61 Å². The number of amides is 1. The van der Waals surface area contributed by atoms with E-state index in [1.807, 2.05) is 86.7 Å². The monoisotopic (exact) mass is 444 g/mol. The molecule has 3 aromatic carbocycles. The van der Waals surface area contributed by atoms with Gasteiger partial charge in [0.25, 0.3) is 5.91 Å². The molecule has 1 aliphatic rings. The molecule has 0 aliphatic carbocycles. The van der Waals surface area contributed by atoms with Gasteiger partial charge < -0.3 is 14.8 Å². The van der Waals surface area contributed by atoms with Gasteiger partial charge in [-0.1, -0.05) is 54.6 Å². The topological polar surface area (TPSA) is 59.9 Å². The molecule has 1 saturated heterocycles. The number of rotatable bonds is 6. The van der Waals surface area contributed by atoms with Crippen molar-refractivity contribution < 1.29 is 14.3 Å². The van der Waals surface area contributed by atoms with E-state index in [4.69, 9.17) is 9.47 Å². The van der Waals surface area contributed by atoms with Gasteiger partial charge in [-0.3, -0.25) is 4.79 Å². The number of benzene rings is 3. The van der Waals surface area contributed by atoms with Gasteiger partial charge in [0.05, 0.1) is 17.7 Å². The van der Waals surface area contributed by atoms with E-state index >= 15 is 0 Å². The van der Waals surface area contributed by atoms with Crippen LogP contribution in [0.1, 0.15) is 22.3 Å². The Morgan fingerprint density at radius 1 is 0.969 bits per heavy atom. The molecule has 0 atom stereocenters. The Balaban J connectivity index is 1.55. The third-order valence-corrected chi connectivity index (χ3v) is 5.94. The summed E-state index contributed by atoms with van der Waals surface area (Å²) in [6.07, 6.45) is 1.84. The lowest BCUT2D eigenvalue weighted by Crippen LogP contribution is -2.19. The molecule has 1 fully saturated rings. The van der Waals surface area contributed by atoms with Crippen LogP contribution >= 0.6 is 11.8 Å². The van der Waals surface area contributed by atoms with Gasteiger partial charge in [-0.2, -0.15) is 0 Å². The van der Waals surface area contributed by atoms with Crippen molar-refractivity contribution in [1.82, 2.24) is 5.32 Å². The molecule has 32 heavy (non-hydrogen) atoms. The number of aryl methyl sites for hydroxylation is 2. The fourth-order valence-corrected chi connectivity index (χ4v) is 4.17. The Morgan fingerprint density at radius 3 is 2.44 bits per heavy atom. The van der Waals surface area contributed by atoms with Gasteiger partial charge in [-0.15, -0.1) is 0 Å². The van der Waals surface area contributed by atoms with Gasteiger partial charge in [0.2, 0.25) is 0 Å². The zero-order chi connectivity index (χ0) is 22.5. The zero-order valence-electron chi connectivity index (χ0n) is 18.2. The number of aliphatic imine (C=N–C) groups is 1. The number of hydrogen-bond donors (Lipinski definition) is 1. The summed E-state index contributed by atoms with van der Waals surface area (Å²) in [6.45, 7) is 4.46. The number of carbonyl (C=O) groups excluding carboxylic acids is 1. The van der Waals surface area contributed by atoms with Crippen molar-refractivity contribution >= 4 is 34.6 Å². The molecule has 0 aromatic heterocycles. The molecular weight excluding hydrogens is 420 g/mol.